The van der Waals surface area contributed by atoms with Crippen LogP contribution in [0.5, 0.6) is 0 Å². The van der Waals surface area contributed by atoms with Crippen LogP contribution in [-0.4, -0.2) is 34.1 Å². The van der Waals surface area contributed by atoms with Gasteiger partial charge in [-0.15, -0.1) is 0 Å². The fourth-order valence-corrected chi connectivity index (χ4v) is 9.32. The second-order valence-corrected chi connectivity index (χ2v) is 15.8. The van der Waals surface area contributed by atoms with Crippen molar-refractivity contribution in [2.24, 2.45) is 0 Å². The van der Waals surface area contributed by atoms with Crippen molar-refractivity contribution < 1.29 is 0 Å². The van der Waals surface area contributed by atoms with E-state index in [4.69, 9.17) is 15.0 Å². The number of allylic oxidation sites excluding steroid dienone is 1. The number of benzene rings is 4. The number of hydrogen-bond donors (Lipinski definition) is 0. The Morgan fingerprint density at radius 1 is 0.508 bits per heavy atom. The zero-order valence-electron chi connectivity index (χ0n) is 33.3. The minimum Gasteiger partial charge on any atom is -0.311 e. The summed E-state index contributed by atoms with van der Waals surface area (Å²) in [5, 5.41) is 4.57. The quantitative estimate of drug-likeness (QED) is 0.168. The summed E-state index contributed by atoms with van der Waals surface area (Å²) in [4.78, 5) is 24.6. The number of pyridine rings is 5. The van der Waals surface area contributed by atoms with Crippen LogP contribution < -0.4 is 0 Å². The van der Waals surface area contributed by atoms with E-state index in [2.05, 4.69) is 178 Å². The van der Waals surface area contributed by atoms with E-state index in [0.717, 1.165) is 101 Å². The standard InChI is InChI=1S/C54H37N7/c1-34-10-6-16-43-42-25-27-55-33-52(42)61(54(34)43)40-13-7-12-36(28-40)46-17-8-18-47(58-46)49-30-38(45-32-56-31-37-11-2-3-14-41(37)45)29-48(59-49)35-21-23-39(24-22-35)60-50-19-5-4-15-44(50)53-51(60)20-9-26-57-53/h2-9,11-34H,10H2,1H3. The highest BCUT2D eigenvalue weighted by Crippen LogP contribution is 2.40. The van der Waals surface area contributed by atoms with Gasteiger partial charge in [-0.25, -0.2) is 9.97 Å². The van der Waals surface area contributed by atoms with Gasteiger partial charge in [-0.3, -0.25) is 15.0 Å². The normalized spacial score (nSPS) is 13.7. The molecule has 0 aliphatic heterocycles. The third-order valence-corrected chi connectivity index (χ3v) is 12.2. The summed E-state index contributed by atoms with van der Waals surface area (Å²) in [6, 6.07) is 51.0. The molecule has 1 aliphatic rings. The Kier molecular flexibility index (Phi) is 8.06. The van der Waals surface area contributed by atoms with E-state index in [1.807, 2.05) is 37.1 Å². The molecule has 7 aromatic heterocycles. The predicted molar refractivity (Wildman–Crippen MR) is 248 cm³/mol. The molecule has 7 heteroatoms. The van der Waals surface area contributed by atoms with Gasteiger partial charge in [0.1, 0.15) is 0 Å². The Hall–Kier alpha value is -8.03. The largest absolute Gasteiger partial charge is 0.311 e. The maximum atomic E-state index is 5.34. The van der Waals surface area contributed by atoms with Crippen LogP contribution in [0.15, 0.2) is 183 Å². The van der Waals surface area contributed by atoms with Crippen LogP contribution in [0, 0.1) is 0 Å². The van der Waals surface area contributed by atoms with E-state index in [0.29, 0.717) is 5.92 Å². The summed E-state index contributed by atoms with van der Waals surface area (Å²) in [7, 11) is 0. The average Bonchev–Trinajstić information content (AvgIpc) is 3.85. The summed E-state index contributed by atoms with van der Waals surface area (Å²) in [5.41, 5.74) is 16.5. The summed E-state index contributed by atoms with van der Waals surface area (Å²) in [5.74, 6) is 0.379. The van der Waals surface area contributed by atoms with Crippen molar-refractivity contribution in [3.8, 4) is 56.4 Å². The van der Waals surface area contributed by atoms with Gasteiger partial charge in [-0.05, 0) is 90.2 Å². The molecule has 61 heavy (non-hydrogen) atoms. The maximum Gasteiger partial charge on any atom is 0.0963 e. The first kappa shape index (κ1) is 35.0. The number of para-hydroxylation sites is 1. The lowest BCUT2D eigenvalue weighted by Crippen LogP contribution is -2.07. The number of hydrogen-bond acceptors (Lipinski definition) is 5. The molecule has 1 atom stereocenters. The second-order valence-electron chi connectivity index (χ2n) is 15.8. The molecule has 0 saturated heterocycles. The van der Waals surface area contributed by atoms with Crippen molar-refractivity contribution in [1.29, 1.82) is 0 Å². The van der Waals surface area contributed by atoms with Crippen molar-refractivity contribution >= 4 is 49.7 Å². The monoisotopic (exact) mass is 783 g/mol. The first-order chi connectivity index (χ1) is 30.2. The summed E-state index contributed by atoms with van der Waals surface area (Å²) < 4.78 is 4.67. The minimum atomic E-state index is 0.379. The van der Waals surface area contributed by atoms with Gasteiger partial charge in [-0.1, -0.05) is 91.9 Å². The molecular formula is C54H37N7. The lowest BCUT2D eigenvalue weighted by molar-refractivity contribution is 0.723. The molecule has 0 N–H and O–H groups in total. The molecule has 1 aliphatic carbocycles. The number of fused-ring (bicyclic) bond motifs is 7. The zero-order valence-corrected chi connectivity index (χ0v) is 33.3. The second kappa shape index (κ2) is 14.1. The molecule has 11 aromatic rings. The molecule has 0 amide bonds. The fourth-order valence-electron chi connectivity index (χ4n) is 9.32. The van der Waals surface area contributed by atoms with E-state index in [9.17, 15) is 0 Å². The minimum absolute atomic E-state index is 0.379. The topological polar surface area (TPSA) is 74.3 Å². The molecule has 4 aromatic carbocycles. The van der Waals surface area contributed by atoms with Crippen LogP contribution in [0.3, 0.4) is 0 Å². The first-order valence-corrected chi connectivity index (χ1v) is 20.7. The van der Waals surface area contributed by atoms with Crippen molar-refractivity contribution in [2.75, 3.05) is 0 Å². The molecule has 0 spiro atoms. The van der Waals surface area contributed by atoms with Crippen LogP contribution in [-0.2, 0) is 0 Å². The third-order valence-electron chi connectivity index (χ3n) is 12.2. The fraction of sp³-hybridized carbons (Fsp3) is 0.0556. The molecule has 7 nitrogen and oxygen atoms in total. The number of nitrogens with zero attached hydrogens (tertiary/aromatic N) is 7. The highest BCUT2D eigenvalue weighted by atomic mass is 15.0. The van der Waals surface area contributed by atoms with E-state index in [1.54, 1.807) is 0 Å². The van der Waals surface area contributed by atoms with Gasteiger partial charge in [0.05, 0.1) is 51.0 Å². The summed E-state index contributed by atoms with van der Waals surface area (Å²) in [6.07, 6.45) is 15.2. The van der Waals surface area contributed by atoms with Crippen molar-refractivity contribution in [3.05, 3.63) is 194 Å². The molecule has 0 bridgehead atoms. The van der Waals surface area contributed by atoms with E-state index in [-0.39, 0.29) is 0 Å². The van der Waals surface area contributed by atoms with E-state index in [1.165, 1.54) is 16.6 Å². The Morgan fingerprint density at radius 3 is 2.25 bits per heavy atom. The molecule has 1 unspecified atom stereocenters. The molecule has 0 saturated carbocycles. The Labute approximate surface area is 352 Å². The number of rotatable bonds is 6. The molecule has 12 rings (SSSR count). The van der Waals surface area contributed by atoms with Gasteiger partial charge >= 0.3 is 0 Å². The van der Waals surface area contributed by atoms with Crippen LogP contribution >= 0.6 is 0 Å². The van der Waals surface area contributed by atoms with E-state index < -0.39 is 0 Å². The molecular weight excluding hydrogens is 747 g/mol. The summed E-state index contributed by atoms with van der Waals surface area (Å²) >= 11 is 0. The van der Waals surface area contributed by atoms with Crippen molar-refractivity contribution in [2.45, 2.75) is 19.3 Å². The Balaban J connectivity index is 0.981. The van der Waals surface area contributed by atoms with Crippen LogP contribution in [0.4, 0.5) is 0 Å². The van der Waals surface area contributed by atoms with Crippen molar-refractivity contribution in [1.82, 2.24) is 34.1 Å². The number of aromatic nitrogens is 7. The first-order valence-electron chi connectivity index (χ1n) is 20.7. The van der Waals surface area contributed by atoms with Crippen LogP contribution in [0.1, 0.15) is 30.5 Å². The van der Waals surface area contributed by atoms with Gasteiger partial charge in [0, 0.05) is 86.2 Å². The van der Waals surface area contributed by atoms with Gasteiger partial charge in [0.15, 0.2) is 0 Å². The average molecular weight is 784 g/mol. The third kappa shape index (κ3) is 5.77. The lowest BCUT2D eigenvalue weighted by Gasteiger charge is -2.19. The smallest absolute Gasteiger partial charge is 0.0963 e. The van der Waals surface area contributed by atoms with Crippen LogP contribution in [0.25, 0.3) is 106 Å². The molecule has 7 heterocycles. The van der Waals surface area contributed by atoms with Crippen molar-refractivity contribution in [3.63, 3.8) is 0 Å². The Morgan fingerprint density at radius 2 is 1.31 bits per heavy atom. The maximum absolute atomic E-state index is 5.34. The predicted octanol–water partition coefficient (Wildman–Crippen LogP) is 13.0. The lowest BCUT2D eigenvalue weighted by atomic mass is 9.93. The van der Waals surface area contributed by atoms with Gasteiger partial charge in [0.2, 0.25) is 0 Å². The SMILES string of the molecule is CC1CC=Cc2c1n(-c1cccc(-c3cccc(-c4cc(-c5cncc6ccccc56)cc(-c5ccc(-n6c7ccccc7c7ncccc76)cc5)n4)n3)c1)c1cnccc21. The summed E-state index contributed by atoms with van der Waals surface area (Å²) in [6.45, 7) is 2.31. The molecule has 0 fully saturated rings. The highest BCUT2D eigenvalue weighted by Gasteiger charge is 2.24. The van der Waals surface area contributed by atoms with E-state index >= 15 is 0 Å². The highest BCUT2D eigenvalue weighted by molar-refractivity contribution is 6.07. The molecule has 288 valence electrons. The Bertz CT molecular complexity index is 3480. The van der Waals surface area contributed by atoms with Gasteiger partial charge in [0.25, 0.3) is 0 Å². The zero-order chi connectivity index (χ0) is 40.4. The van der Waals surface area contributed by atoms with Crippen LogP contribution in [0.2, 0.25) is 0 Å². The van der Waals surface area contributed by atoms with Gasteiger partial charge < -0.3 is 9.13 Å². The van der Waals surface area contributed by atoms with Gasteiger partial charge in [-0.2, -0.15) is 0 Å². The molecule has 0 radical (unpaired) electrons.